The van der Waals surface area contributed by atoms with Gasteiger partial charge in [0, 0.05) is 18.5 Å². The molecule has 0 aliphatic carbocycles. The Balaban J connectivity index is 0.00000289. The van der Waals surface area contributed by atoms with Crippen molar-refractivity contribution in [2.75, 3.05) is 13.1 Å². The maximum atomic E-state index is 5.91. The van der Waals surface area contributed by atoms with E-state index in [1.165, 1.54) is 0 Å². The lowest BCUT2D eigenvalue weighted by Crippen LogP contribution is -2.37. The van der Waals surface area contributed by atoms with E-state index in [2.05, 4.69) is 43.1 Å². The second-order valence-electron chi connectivity index (χ2n) is 4.17. The largest absolute Gasteiger partial charge is 0.370 e. The molecule has 4 nitrogen and oxygen atoms in total. The molecule has 0 fully saturated rings. The Hall–Kier alpha value is -0.370. The van der Waals surface area contributed by atoms with Gasteiger partial charge in [-0.2, -0.15) is 0 Å². The first-order chi connectivity index (χ1) is 8.08. The first-order valence-corrected chi connectivity index (χ1v) is 6.95. The van der Waals surface area contributed by atoms with E-state index in [-0.39, 0.29) is 24.0 Å². The zero-order valence-corrected chi connectivity index (χ0v) is 14.7. The van der Waals surface area contributed by atoms with Crippen LogP contribution in [-0.2, 0) is 6.54 Å². The summed E-state index contributed by atoms with van der Waals surface area (Å²) in [6, 6.07) is 0. The van der Waals surface area contributed by atoms with E-state index in [0.29, 0.717) is 18.4 Å². The molecular weight excluding hydrogens is 359 g/mol. The maximum Gasteiger partial charge on any atom is 0.191 e. The van der Waals surface area contributed by atoms with Gasteiger partial charge in [0.25, 0.3) is 0 Å². The maximum absolute atomic E-state index is 5.91. The van der Waals surface area contributed by atoms with Crippen molar-refractivity contribution in [3.05, 3.63) is 16.1 Å². The van der Waals surface area contributed by atoms with E-state index in [0.717, 1.165) is 23.8 Å². The van der Waals surface area contributed by atoms with Crippen molar-refractivity contribution in [2.45, 2.75) is 40.2 Å². The molecule has 104 valence electrons. The Bertz CT molecular complexity index is 372. The second kappa shape index (κ2) is 8.68. The molecule has 0 saturated heterocycles. The van der Waals surface area contributed by atoms with Crippen LogP contribution in [0.25, 0.3) is 0 Å². The first-order valence-electron chi connectivity index (χ1n) is 6.07. The quantitative estimate of drug-likeness (QED) is 0.484. The number of rotatable bonds is 5. The highest BCUT2D eigenvalue weighted by atomic mass is 127. The fraction of sp³-hybridized carbons (Fsp3) is 0.667. The van der Waals surface area contributed by atoms with Crippen LogP contribution in [0.2, 0.25) is 0 Å². The fourth-order valence-corrected chi connectivity index (χ4v) is 2.34. The smallest absolute Gasteiger partial charge is 0.191 e. The number of halogens is 1. The fourth-order valence-electron chi connectivity index (χ4n) is 1.46. The van der Waals surface area contributed by atoms with Gasteiger partial charge in [-0.15, -0.1) is 35.3 Å². The molecule has 0 spiro atoms. The van der Waals surface area contributed by atoms with Crippen LogP contribution in [0.1, 0.15) is 44.3 Å². The molecule has 1 heterocycles. The highest BCUT2D eigenvalue weighted by Gasteiger charge is 2.06. The molecule has 0 unspecified atom stereocenters. The third kappa shape index (κ3) is 5.09. The molecule has 0 amide bonds. The van der Waals surface area contributed by atoms with E-state index in [4.69, 9.17) is 5.73 Å². The lowest BCUT2D eigenvalue weighted by atomic mass is 10.2. The highest BCUT2D eigenvalue weighted by Crippen LogP contribution is 2.18. The van der Waals surface area contributed by atoms with Gasteiger partial charge in [0.15, 0.2) is 5.96 Å². The van der Waals surface area contributed by atoms with Gasteiger partial charge in [-0.25, -0.2) is 9.98 Å². The zero-order chi connectivity index (χ0) is 12.8. The molecule has 0 saturated carbocycles. The molecular formula is C12H23IN4S. The van der Waals surface area contributed by atoms with Gasteiger partial charge in [-0.3, -0.25) is 0 Å². The van der Waals surface area contributed by atoms with E-state index in [1.54, 1.807) is 11.3 Å². The minimum absolute atomic E-state index is 0. The Labute approximate surface area is 131 Å². The van der Waals surface area contributed by atoms with E-state index in [9.17, 15) is 0 Å². The Kier molecular flexibility index (Phi) is 8.51. The summed E-state index contributed by atoms with van der Waals surface area (Å²) >= 11 is 1.65. The normalized spacial score (nSPS) is 11.5. The van der Waals surface area contributed by atoms with Crippen LogP contribution in [0.5, 0.6) is 0 Å². The van der Waals surface area contributed by atoms with Gasteiger partial charge in [-0.1, -0.05) is 13.8 Å². The zero-order valence-electron chi connectivity index (χ0n) is 11.5. The molecule has 1 rings (SSSR count). The van der Waals surface area contributed by atoms with E-state index >= 15 is 0 Å². The first kappa shape index (κ1) is 17.6. The third-order valence-corrected chi connectivity index (χ3v) is 3.48. The summed E-state index contributed by atoms with van der Waals surface area (Å²) in [6.45, 7) is 10.8. The molecule has 0 aromatic carbocycles. The number of guanidine groups is 1. The van der Waals surface area contributed by atoms with Gasteiger partial charge in [0.2, 0.25) is 0 Å². The van der Waals surface area contributed by atoms with Crippen LogP contribution in [-0.4, -0.2) is 28.9 Å². The highest BCUT2D eigenvalue weighted by molar-refractivity contribution is 14.0. The number of aliphatic imine (C=N–C) groups is 1. The van der Waals surface area contributed by atoms with Crippen LogP contribution in [0.3, 0.4) is 0 Å². The van der Waals surface area contributed by atoms with E-state index in [1.807, 2.05) is 4.90 Å². The van der Waals surface area contributed by atoms with Crippen molar-refractivity contribution >= 4 is 41.3 Å². The molecule has 0 aliphatic rings. The molecule has 0 atom stereocenters. The average Bonchev–Trinajstić information content (AvgIpc) is 2.76. The monoisotopic (exact) mass is 382 g/mol. The standard InChI is InChI=1S/C12H22N4S.HI/c1-5-16(6-2)12(13)14-7-11-15-10(8-17-11)9(3)4;/h8-9H,5-7H2,1-4H3,(H2,13,14);1H. The van der Waals surface area contributed by atoms with Crippen LogP contribution < -0.4 is 5.73 Å². The SMILES string of the molecule is CCN(CC)C(N)=NCc1nc(C(C)C)cs1.I. The number of hydrogen-bond donors (Lipinski definition) is 1. The minimum atomic E-state index is 0. The molecule has 0 bridgehead atoms. The van der Waals surface area contributed by atoms with Crippen LogP contribution in [0, 0.1) is 0 Å². The molecule has 0 radical (unpaired) electrons. The number of aromatic nitrogens is 1. The summed E-state index contributed by atoms with van der Waals surface area (Å²) in [7, 11) is 0. The van der Waals surface area contributed by atoms with Crippen molar-refractivity contribution in [2.24, 2.45) is 10.7 Å². The minimum Gasteiger partial charge on any atom is -0.370 e. The molecule has 1 aromatic heterocycles. The van der Waals surface area contributed by atoms with Crippen molar-refractivity contribution in [3.8, 4) is 0 Å². The molecule has 0 aliphatic heterocycles. The predicted octanol–water partition coefficient (Wildman–Crippen LogP) is 3.04. The Morgan fingerprint density at radius 1 is 1.44 bits per heavy atom. The van der Waals surface area contributed by atoms with Gasteiger partial charge >= 0.3 is 0 Å². The molecule has 18 heavy (non-hydrogen) atoms. The van der Waals surface area contributed by atoms with Crippen LogP contribution in [0.15, 0.2) is 10.4 Å². The lowest BCUT2D eigenvalue weighted by Gasteiger charge is -2.18. The molecule has 2 N–H and O–H groups in total. The van der Waals surface area contributed by atoms with Crippen molar-refractivity contribution in [3.63, 3.8) is 0 Å². The van der Waals surface area contributed by atoms with Crippen LogP contribution in [0.4, 0.5) is 0 Å². The van der Waals surface area contributed by atoms with Crippen molar-refractivity contribution in [1.82, 2.24) is 9.88 Å². The third-order valence-electron chi connectivity index (χ3n) is 2.62. The molecule has 1 aromatic rings. The summed E-state index contributed by atoms with van der Waals surface area (Å²) in [4.78, 5) is 10.9. The summed E-state index contributed by atoms with van der Waals surface area (Å²) in [5.74, 6) is 1.08. The van der Waals surface area contributed by atoms with E-state index < -0.39 is 0 Å². The number of nitrogens with zero attached hydrogens (tertiary/aromatic N) is 3. The van der Waals surface area contributed by atoms with Crippen LogP contribution >= 0.6 is 35.3 Å². The average molecular weight is 382 g/mol. The topological polar surface area (TPSA) is 54.5 Å². The number of nitrogens with two attached hydrogens (primary N) is 1. The summed E-state index contributed by atoms with van der Waals surface area (Å²) in [5.41, 5.74) is 7.05. The molecule has 6 heteroatoms. The summed E-state index contributed by atoms with van der Waals surface area (Å²) in [6.07, 6.45) is 0. The number of thiazole rings is 1. The van der Waals surface area contributed by atoms with Gasteiger partial charge in [0.05, 0.1) is 12.2 Å². The summed E-state index contributed by atoms with van der Waals surface area (Å²) in [5, 5.41) is 3.13. The van der Waals surface area contributed by atoms with Gasteiger partial charge in [0.1, 0.15) is 5.01 Å². The predicted molar refractivity (Wildman–Crippen MR) is 89.9 cm³/mol. The van der Waals surface area contributed by atoms with Gasteiger partial charge in [-0.05, 0) is 19.8 Å². The van der Waals surface area contributed by atoms with Crippen molar-refractivity contribution in [1.29, 1.82) is 0 Å². The Morgan fingerprint density at radius 3 is 2.50 bits per heavy atom. The lowest BCUT2D eigenvalue weighted by molar-refractivity contribution is 0.458. The van der Waals surface area contributed by atoms with Gasteiger partial charge < -0.3 is 10.6 Å². The van der Waals surface area contributed by atoms with Crippen molar-refractivity contribution < 1.29 is 0 Å². The summed E-state index contributed by atoms with van der Waals surface area (Å²) < 4.78 is 0. The Morgan fingerprint density at radius 2 is 2.06 bits per heavy atom. The number of hydrogen-bond acceptors (Lipinski definition) is 3. The second-order valence-corrected chi connectivity index (χ2v) is 5.11.